The smallest absolute Gasteiger partial charge is 0.335 e. The Kier molecular flexibility index (Phi) is 6.20. The first-order chi connectivity index (χ1) is 12.2. The average molecular weight is 340 g/mol. The summed E-state index contributed by atoms with van der Waals surface area (Å²) in [6.07, 6.45) is 0.732. The SMILES string of the molecule is CC1C[C@@H](OCc2ccccc2)C[C@@H](C(=O)OCc2ccccc2)O1. The van der Waals surface area contributed by atoms with Gasteiger partial charge >= 0.3 is 5.97 Å². The van der Waals surface area contributed by atoms with Gasteiger partial charge in [0.15, 0.2) is 6.10 Å². The third-order valence-corrected chi connectivity index (χ3v) is 4.28. The summed E-state index contributed by atoms with van der Waals surface area (Å²) in [4.78, 5) is 12.3. The Balaban J connectivity index is 1.50. The molecule has 1 fully saturated rings. The first-order valence-electron chi connectivity index (χ1n) is 8.72. The van der Waals surface area contributed by atoms with Gasteiger partial charge in [0.05, 0.1) is 18.8 Å². The maximum atomic E-state index is 12.3. The number of ether oxygens (including phenoxy) is 3. The van der Waals surface area contributed by atoms with Crippen LogP contribution in [0, 0.1) is 0 Å². The van der Waals surface area contributed by atoms with Gasteiger partial charge in [0.2, 0.25) is 0 Å². The summed E-state index contributed by atoms with van der Waals surface area (Å²) < 4.78 is 17.2. The summed E-state index contributed by atoms with van der Waals surface area (Å²) in [6, 6.07) is 19.7. The lowest BCUT2D eigenvalue weighted by molar-refractivity contribution is -0.175. The summed E-state index contributed by atoms with van der Waals surface area (Å²) in [7, 11) is 0. The van der Waals surface area contributed by atoms with Gasteiger partial charge < -0.3 is 14.2 Å². The fourth-order valence-corrected chi connectivity index (χ4v) is 2.99. The van der Waals surface area contributed by atoms with Crippen molar-refractivity contribution in [1.29, 1.82) is 0 Å². The minimum absolute atomic E-state index is 0.00164. The van der Waals surface area contributed by atoms with E-state index in [1.165, 1.54) is 0 Å². The second-order valence-electron chi connectivity index (χ2n) is 6.42. The van der Waals surface area contributed by atoms with Crippen LogP contribution in [-0.4, -0.2) is 24.3 Å². The van der Waals surface area contributed by atoms with Gasteiger partial charge in [0.1, 0.15) is 6.61 Å². The van der Waals surface area contributed by atoms with Crippen molar-refractivity contribution in [3.8, 4) is 0 Å². The lowest BCUT2D eigenvalue weighted by atomic mass is 10.0. The first kappa shape index (κ1) is 17.6. The Morgan fingerprint density at radius 2 is 1.56 bits per heavy atom. The van der Waals surface area contributed by atoms with Gasteiger partial charge in [-0.15, -0.1) is 0 Å². The van der Waals surface area contributed by atoms with E-state index in [9.17, 15) is 4.79 Å². The zero-order chi connectivity index (χ0) is 17.5. The van der Waals surface area contributed by atoms with Gasteiger partial charge in [-0.25, -0.2) is 4.79 Å². The average Bonchev–Trinajstić information content (AvgIpc) is 2.66. The molecule has 0 saturated carbocycles. The van der Waals surface area contributed by atoms with E-state index >= 15 is 0 Å². The summed E-state index contributed by atoms with van der Waals surface area (Å²) in [6.45, 7) is 2.78. The largest absolute Gasteiger partial charge is 0.459 e. The molecule has 2 aromatic rings. The lowest BCUT2D eigenvalue weighted by Gasteiger charge is -2.32. The van der Waals surface area contributed by atoms with Crippen molar-refractivity contribution < 1.29 is 19.0 Å². The van der Waals surface area contributed by atoms with Crippen LogP contribution < -0.4 is 0 Å². The highest BCUT2D eigenvalue weighted by Gasteiger charge is 2.33. The number of hydrogen-bond donors (Lipinski definition) is 0. The normalized spacial score (nSPS) is 23.2. The highest BCUT2D eigenvalue weighted by Crippen LogP contribution is 2.24. The molecule has 0 spiro atoms. The van der Waals surface area contributed by atoms with E-state index in [1.807, 2.05) is 67.6 Å². The van der Waals surface area contributed by atoms with E-state index in [0.717, 1.165) is 17.5 Å². The van der Waals surface area contributed by atoms with E-state index in [0.29, 0.717) is 13.0 Å². The molecule has 1 heterocycles. The van der Waals surface area contributed by atoms with Crippen molar-refractivity contribution in [3.63, 3.8) is 0 Å². The maximum Gasteiger partial charge on any atom is 0.335 e. The molecular weight excluding hydrogens is 316 g/mol. The van der Waals surface area contributed by atoms with E-state index in [1.54, 1.807) is 0 Å². The fraction of sp³-hybridized carbons (Fsp3) is 0.381. The molecule has 4 nitrogen and oxygen atoms in total. The number of carbonyl (C=O) groups excluding carboxylic acids is 1. The van der Waals surface area contributed by atoms with Gasteiger partial charge in [0, 0.05) is 6.42 Å². The van der Waals surface area contributed by atoms with Crippen molar-refractivity contribution >= 4 is 5.97 Å². The van der Waals surface area contributed by atoms with Crippen LogP contribution in [0.4, 0.5) is 0 Å². The predicted molar refractivity (Wildman–Crippen MR) is 94.8 cm³/mol. The van der Waals surface area contributed by atoms with Crippen LogP contribution in [0.3, 0.4) is 0 Å². The molecule has 3 rings (SSSR count). The Labute approximate surface area is 148 Å². The summed E-state index contributed by atoms with van der Waals surface area (Å²) in [5, 5.41) is 0. The Morgan fingerprint density at radius 1 is 0.960 bits per heavy atom. The molecule has 1 aliphatic rings. The molecule has 0 bridgehead atoms. The van der Waals surface area contributed by atoms with Crippen LogP contribution in [-0.2, 0) is 32.2 Å². The quantitative estimate of drug-likeness (QED) is 0.749. The van der Waals surface area contributed by atoms with E-state index < -0.39 is 6.10 Å². The molecule has 25 heavy (non-hydrogen) atoms. The molecule has 1 unspecified atom stereocenters. The standard InChI is InChI=1S/C21H24O4/c1-16-12-19(23-14-17-8-4-2-5-9-17)13-20(25-16)21(22)24-15-18-10-6-3-7-11-18/h2-11,16,19-20H,12-15H2,1H3/t16?,19-,20+/m1/s1. The van der Waals surface area contributed by atoms with E-state index in [-0.39, 0.29) is 24.8 Å². The first-order valence-corrected chi connectivity index (χ1v) is 8.72. The molecule has 2 aromatic carbocycles. The summed E-state index contributed by atoms with van der Waals surface area (Å²) in [5.74, 6) is -0.316. The van der Waals surface area contributed by atoms with Crippen LogP contribution in [0.5, 0.6) is 0 Å². The van der Waals surface area contributed by atoms with Crippen molar-refractivity contribution in [2.45, 2.75) is 51.3 Å². The minimum atomic E-state index is -0.562. The van der Waals surface area contributed by atoms with Gasteiger partial charge in [-0.05, 0) is 24.5 Å². The monoisotopic (exact) mass is 340 g/mol. The van der Waals surface area contributed by atoms with E-state index in [2.05, 4.69) is 0 Å². The highest BCUT2D eigenvalue weighted by molar-refractivity contribution is 5.74. The van der Waals surface area contributed by atoms with Crippen molar-refractivity contribution in [1.82, 2.24) is 0 Å². The molecule has 0 aliphatic carbocycles. The maximum absolute atomic E-state index is 12.3. The second kappa shape index (κ2) is 8.79. The molecule has 0 radical (unpaired) electrons. The number of carbonyl (C=O) groups is 1. The lowest BCUT2D eigenvalue weighted by Crippen LogP contribution is -2.40. The number of rotatable bonds is 6. The molecule has 3 atom stereocenters. The molecule has 132 valence electrons. The Hall–Kier alpha value is -2.17. The predicted octanol–water partition coefficient (Wildman–Crippen LogP) is 3.88. The second-order valence-corrected chi connectivity index (χ2v) is 6.42. The summed E-state index contributed by atoms with van der Waals surface area (Å²) >= 11 is 0. The van der Waals surface area contributed by atoms with Gasteiger partial charge in [-0.3, -0.25) is 0 Å². The third-order valence-electron chi connectivity index (χ3n) is 4.28. The zero-order valence-electron chi connectivity index (χ0n) is 14.5. The van der Waals surface area contributed by atoms with E-state index in [4.69, 9.17) is 14.2 Å². The minimum Gasteiger partial charge on any atom is -0.459 e. The molecule has 0 amide bonds. The van der Waals surface area contributed by atoms with Crippen LogP contribution in [0.2, 0.25) is 0 Å². The Bertz CT molecular complexity index is 656. The molecule has 0 aromatic heterocycles. The van der Waals surface area contributed by atoms with Crippen LogP contribution in [0.15, 0.2) is 60.7 Å². The zero-order valence-corrected chi connectivity index (χ0v) is 14.5. The van der Waals surface area contributed by atoms with Crippen LogP contribution in [0.25, 0.3) is 0 Å². The highest BCUT2D eigenvalue weighted by atomic mass is 16.6. The molecular formula is C21H24O4. The number of esters is 1. The topological polar surface area (TPSA) is 44.8 Å². The van der Waals surface area contributed by atoms with Crippen molar-refractivity contribution in [2.75, 3.05) is 0 Å². The number of hydrogen-bond acceptors (Lipinski definition) is 4. The van der Waals surface area contributed by atoms with Gasteiger partial charge in [-0.1, -0.05) is 60.7 Å². The van der Waals surface area contributed by atoms with Crippen LogP contribution in [0.1, 0.15) is 30.9 Å². The molecule has 1 aliphatic heterocycles. The van der Waals surface area contributed by atoms with Crippen LogP contribution >= 0.6 is 0 Å². The molecule has 4 heteroatoms. The number of benzene rings is 2. The fourth-order valence-electron chi connectivity index (χ4n) is 2.99. The summed E-state index contributed by atoms with van der Waals surface area (Å²) in [5.41, 5.74) is 2.10. The third kappa shape index (κ3) is 5.41. The van der Waals surface area contributed by atoms with Crippen molar-refractivity contribution in [3.05, 3.63) is 71.8 Å². The molecule has 1 saturated heterocycles. The van der Waals surface area contributed by atoms with Gasteiger partial charge in [-0.2, -0.15) is 0 Å². The molecule has 0 N–H and O–H groups in total. The Morgan fingerprint density at radius 3 is 2.20 bits per heavy atom. The van der Waals surface area contributed by atoms with Gasteiger partial charge in [0.25, 0.3) is 0 Å². The van der Waals surface area contributed by atoms with Crippen molar-refractivity contribution in [2.24, 2.45) is 0 Å².